The van der Waals surface area contributed by atoms with Crippen molar-refractivity contribution in [2.75, 3.05) is 38.2 Å². The lowest BCUT2D eigenvalue weighted by Gasteiger charge is -2.35. The zero-order valence-electron chi connectivity index (χ0n) is 13.9. The minimum absolute atomic E-state index is 0.354. The van der Waals surface area contributed by atoms with E-state index in [1.54, 1.807) is 7.11 Å². The fourth-order valence-electron chi connectivity index (χ4n) is 2.72. The van der Waals surface area contributed by atoms with Crippen molar-refractivity contribution in [2.24, 2.45) is 0 Å². The monoisotopic (exact) mass is 328 g/mol. The average Bonchev–Trinajstić information content (AvgIpc) is 3.03. The highest BCUT2D eigenvalue weighted by Gasteiger charge is 2.22. The molecule has 0 saturated carbocycles. The van der Waals surface area contributed by atoms with Crippen LogP contribution in [0.2, 0.25) is 0 Å². The van der Waals surface area contributed by atoms with Crippen LogP contribution in [-0.4, -0.2) is 53.3 Å². The second-order valence-corrected chi connectivity index (χ2v) is 5.74. The van der Waals surface area contributed by atoms with Gasteiger partial charge in [0.2, 0.25) is 5.89 Å². The Kier molecular flexibility index (Phi) is 5.03. The lowest BCUT2D eigenvalue weighted by Crippen LogP contribution is -2.46. The van der Waals surface area contributed by atoms with Crippen LogP contribution in [0, 0.1) is 18.3 Å². The van der Waals surface area contributed by atoms with Crippen LogP contribution < -0.4 is 4.90 Å². The zero-order chi connectivity index (χ0) is 16.9. The lowest BCUT2D eigenvalue weighted by atomic mass is 10.2. The maximum atomic E-state index is 9.27. The van der Waals surface area contributed by atoms with Gasteiger partial charge in [-0.25, -0.2) is 4.98 Å². The van der Waals surface area contributed by atoms with E-state index in [-0.39, 0.29) is 0 Å². The van der Waals surface area contributed by atoms with Crippen molar-refractivity contribution in [3.63, 3.8) is 0 Å². The molecule has 2 aromatic heterocycles. The molecule has 24 heavy (non-hydrogen) atoms. The molecule has 0 N–H and O–H groups in total. The number of pyridine rings is 1. The summed E-state index contributed by atoms with van der Waals surface area (Å²) < 4.78 is 10.2. The fraction of sp³-hybridized carbons (Fsp3) is 0.500. The normalized spacial score (nSPS) is 15.5. The summed E-state index contributed by atoms with van der Waals surface area (Å²) >= 11 is 0. The second kappa shape index (κ2) is 7.38. The van der Waals surface area contributed by atoms with Crippen LogP contribution in [0.1, 0.15) is 23.0 Å². The van der Waals surface area contributed by atoms with Gasteiger partial charge in [-0.2, -0.15) is 10.2 Å². The minimum atomic E-state index is 0.354. The Balaban J connectivity index is 1.59. The molecule has 8 nitrogen and oxygen atoms in total. The third-order valence-corrected chi connectivity index (χ3v) is 3.95. The molecular weight excluding hydrogens is 308 g/mol. The number of piperazine rings is 1. The van der Waals surface area contributed by atoms with E-state index >= 15 is 0 Å². The van der Waals surface area contributed by atoms with Crippen LogP contribution >= 0.6 is 0 Å². The largest absolute Gasteiger partial charge is 0.377 e. The van der Waals surface area contributed by atoms with E-state index in [0.29, 0.717) is 30.4 Å². The Morgan fingerprint density at radius 1 is 1.25 bits per heavy atom. The zero-order valence-corrected chi connectivity index (χ0v) is 13.9. The van der Waals surface area contributed by atoms with E-state index in [2.05, 4.69) is 31.0 Å². The molecule has 0 radical (unpaired) electrons. The number of aromatic nitrogens is 3. The molecule has 1 aliphatic rings. The summed E-state index contributed by atoms with van der Waals surface area (Å²) in [7, 11) is 1.60. The molecule has 2 aromatic rings. The minimum Gasteiger partial charge on any atom is -0.377 e. The second-order valence-electron chi connectivity index (χ2n) is 5.74. The molecule has 0 spiro atoms. The number of ether oxygens (including phenoxy) is 1. The maximum absolute atomic E-state index is 9.27. The first-order valence-electron chi connectivity index (χ1n) is 7.85. The third-order valence-electron chi connectivity index (χ3n) is 3.95. The third kappa shape index (κ3) is 3.69. The predicted octanol–water partition coefficient (Wildman–Crippen LogP) is 1.11. The molecule has 8 heteroatoms. The molecule has 0 unspecified atom stereocenters. The molecule has 3 heterocycles. The van der Waals surface area contributed by atoms with Crippen molar-refractivity contribution in [3.05, 3.63) is 35.1 Å². The van der Waals surface area contributed by atoms with Gasteiger partial charge in [-0.1, -0.05) is 5.16 Å². The van der Waals surface area contributed by atoms with Gasteiger partial charge in [0.05, 0.1) is 12.1 Å². The number of hydrogen-bond donors (Lipinski definition) is 0. The Morgan fingerprint density at radius 2 is 2.04 bits per heavy atom. The van der Waals surface area contributed by atoms with E-state index in [1.807, 2.05) is 19.1 Å². The van der Waals surface area contributed by atoms with E-state index in [0.717, 1.165) is 37.7 Å². The molecule has 1 fully saturated rings. The molecular formula is C16H20N6O2. The van der Waals surface area contributed by atoms with Crippen LogP contribution in [0.5, 0.6) is 0 Å². The highest BCUT2D eigenvalue weighted by Crippen LogP contribution is 2.20. The molecule has 3 rings (SSSR count). The number of nitriles is 1. The summed E-state index contributed by atoms with van der Waals surface area (Å²) in [4.78, 5) is 13.2. The fourth-order valence-corrected chi connectivity index (χ4v) is 2.72. The van der Waals surface area contributed by atoms with Gasteiger partial charge in [-0.15, -0.1) is 0 Å². The highest BCUT2D eigenvalue weighted by atomic mass is 16.5. The molecule has 0 amide bonds. The number of nitrogens with zero attached hydrogens (tertiary/aromatic N) is 6. The molecule has 0 bridgehead atoms. The van der Waals surface area contributed by atoms with Crippen molar-refractivity contribution in [2.45, 2.75) is 20.1 Å². The number of anilines is 1. The maximum Gasteiger partial charge on any atom is 0.240 e. The number of rotatable bonds is 5. The average molecular weight is 328 g/mol. The van der Waals surface area contributed by atoms with Crippen molar-refractivity contribution in [1.29, 1.82) is 5.26 Å². The quantitative estimate of drug-likeness (QED) is 0.806. The van der Waals surface area contributed by atoms with Gasteiger partial charge in [0.1, 0.15) is 18.5 Å². The number of methoxy groups -OCH3 is 1. The van der Waals surface area contributed by atoms with Gasteiger partial charge in [0, 0.05) is 39.0 Å². The lowest BCUT2D eigenvalue weighted by molar-refractivity contribution is 0.174. The Hall–Kier alpha value is -2.50. The van der Waals surface area contributed by atoms with Gasteiger partial charge in [0.25, 0.3) is 0 Å². The first-order valence-corrected chi connectivity index (χ1v) is 7.85. The van der Waals surface area contributed by atoms with Gasteiger partial charge in [-0.05, 0) is 19.1 Å². The van der Waals surface area contributed by atoms with Gasteiger partial charge >= 0.3 is 0 Å². The van der Waals surface area contributed by atoms with Crippen LogP contribution in [0.25, 0.3) is 0 Å². The van der Waals surface area contributed by atoms with E-state index in [4.69, 9.17) is 9.26 Å². The summed E-state index contributed by atoms with van der Waals surface area (Å²) in [6, 6.07) is 5.92. The molecule has 1 aliphatic heterocycles. The summed E-state index contributed by atoms with van der Waals surface area (Å²) in [5, 5.41) is 13.1. The Morgan fingerprint density at radius 3 is 2.75 bits per heavy atom. The van der Waals surface area contributed by atoms with Crippen molar-refractivity contribution < 1.29 is 9.26 Å². The first-order chi connectivity index (χ1) is 11.7. The molecule has 0 atom stereocenters. The summed E-state index contributed by atoms with van der Waals surface area (Å²) in [6.45, 7) is 6.23. The van der Waals surface area contributed by atoms with Crippen molar-refractivity contribution >= 4 is 5.82 Å². The molecule has 126 valence electrons. The highest BCUT2D eigenvalue weighted by molar-refractivity contribution is 5.54. The van der Waals surface area contributed by atoms with Crippen LogP contribution in [0.3, 0.4) is 0 Å². The standard InChI is InChI=1S/C16H20N6O2/c1-12-3-4-13(9-17)16(18-12)22-7-5-21(6-8-22)10-15-19-14(11-23-2)20-24-15/h3-4H,5-8,10-11H2,1-2H3. The molecule has 1 saturated heterocycles. The summed E-state index contributed by atoms with van der Waals surface area (Å²) in [5.74, 6) is 1.94. The number of hydrogen-bond acceptors (Lipinski definition) is 8. The van der Waals surface area contributed by atoms with E-state index < -0.39 is 0 Å². The van der Waals surface area contributed by atoms with Crippen molar-refractivity contribution in [1.82, 2.24) is 20.0 Å². The van der Waals surface area contributed by atoms with Gasteiger partial charge < -0.3 is 14.2 Å². The van der Waals surface area contributed by atoms with Crippen LogP contribution in [0.15, 0.2) is 16.7 Å². The smallest absolute Gasteiger partial charge is 0.240 e. The number of aryl methyl sites for hydroxylation is 1. The Bertz CT molecular complexity index is 730. The van der Waals surface area contributed by atoms with Crippen LogP contribution in [0.4, 0.5) is 5.82 Å². The first kappa shape index (κ1) is 16.4. The molecule has 0 aliphatic carbocycles. The van der Waals surface area contributed by atoms with Gasteiger partial charge in [0.15, 0.2) is 5.82 Å². The van der Waals surface area contributed by atoms with Crippen molar-refractivity contribution in [3.8, 4) is 6.07 Å². The summed E-state index contributed by atoms with van der Waals surface area (Å²) in [5.41, 5.74) is 1.54. The topological polar surface area (TPSA) is 91.3 Å². The van der Waals surface area contributed by atoms with Crippen LogP contribution in [-0.2, 0) is 17.9 Å². The predicted molar refractivity (Wildman–Crippen MR) is 86.2 cm³/mol. The van der Waals surface area contributed by atoms with Gasteiger partial charge in [-0.3, -0.25) is 4.90 Å². The SMILES string of the molecule is COCc1noc(CN2CCN(c3nc(C)ccc3C#N)CC2)n1. The van der Waals surface area contributed by atoms with E-state index in [9.17, 15) is 5.26 Å². The Labute approximate surface area is 140 Å². The molecule has 0 aromatic carbocycles. The summed E-state index contributed by atoms with van der Waals surface area (Å²) in [6.07, 6.45) is 0. The van der Waals surface area contributed by atoms with E-state index in [1.165, 1.54) is 0 Å².